The van der Waals surface area contributed by atoms with Crippen LogP contribution in [-0.2, 0) is 17.6 Å². The van der Waals surface area contributed by atoms with Crippen LogP contribution in [0.5, 0.6) is 0 Å². The first-order chi connectivity index (χ1) is 11.7. The Morgan fingerprint density at radius 1 is 1.29 bits per heavy atom. The second kappa shape index (κ2) is 6.36. The lowest BCUT2D eigenvalue weighted by molar-refractivity contribution is 0.0761. The smallest absolute Gasteiger partial charge is 0.257 e. The van der Waals surface area contributed by atoms with Crippen molar-refractivity contribution in [3.63, 3.8) is 0 Å². The number of aryl methyl sites for hydroxylation is 1. The van der Waals surface area contributed by atoms with E-state index < -0.39 is 0 Å². The second-order valence-electron chi connectivity index (χ2n) is 6.43. The van der Waals surface area contributed by atoms with E-state index in [0.29, 0.717) is 30.3 Å². The van der Waals surface area contributed by atoms with Gasteiger partial charge < -0.3 is 14.1 Å². The van der Waals surface area contributed by atoms with Gasteiger partial charge in [-0.2, -0.15) is 0 Å². The minimum absolute atomic E-state index is 0.0350. The van der Waals surface area contributed by atoms with E-state index in [9.17, 15) is 4.79 Å². The first-order valence-corrected chi connectivity index (χ1v) is 8.48. The van der Waals surface area contributed by atoms with Crippen LogP contribution in [0.3, 0.4) is 0 Å². The molecule has 2 aliphatic heterocycles. The highest BCUT2D eigenvalue weighted by Crippen LogP contribution is 2.29. The first kappa shape index (κ1) is 15.3. The maximum absolute atomic E-state index is 12.7. The lowest BCUT2D eigenvalue weighted by Crippen LogP contribution is -2.33. The summed E-state index contributed by atoms with van der Waals surface area (Å²) >= 11 is 0. The Bertz CT molecular complexity index is 750. The zero-order valence-electron chi connectivity index (χ0n) is 13.8. The zero-order valence-corrected chi connectivity index (χ0v) is 13.8. The molecule has 1 saturated heterocycles. The maximum Gasteiger partial charge on any atom is 0.257 e. The summed E-state index contributed by atoms with van der Waals surface area (Å²) in [5.41, 5.74) is 4.06. The molecule has 0 spiro atoms. The van der Waals surface area contributed by atoms with Crippen LogP contribution in [0.25, 0.3) is 0 Å². The van der Waals surface area contributed by atoms with Crippen molar-refractivity contribution in [2.24, 2.45) is 0 Å². The van der Waals surface area contributed by atoms with Crippen LogP contribution in [0.1, 0.15) is 45.4 Å². The summed E-state index contributed by atoms with van der Waals surface area (Å²) in [6.45, 7) is 4.72. The summed E-state index contributed by atoms with van der Waals surface area (Å²) in [6.07, 6.45) is 5.80. The number of carbonyl (C=O) groups is 1. The van der Waals surface area contributed by atoms with Crippen molar-refractivity contribution < 1.29 is 13.9 Å². The fourth-order valence-electron chi connectivity index (χ4n) is 3.63. The van der Waals surface area contributed by atoms with Crippen LogP contribution in [-0.4, -0.2) is 47.1 Å². The molecule has 1 fully saturated rings. The predicted octanol–water partition coefficient (Wildman–Crippen LogP) is 2.12. The third kappa shape index (κ3) is 2.71. The standard InChI is InChI=1S/C18H21N3O3/c1-12-14(5-9-24-12)18(22)21-6-2-15-16(3-7-21)19-11-20-17(15)13-4-8-23-10-13/h5,9,11,13H,2-4,6-8,10H2,1H3/t13-/m1/s1. The molecule has 0 aliphatic carbocycles. The number of rotatable bonds is 2. The molecule has 0 radical (unpaired) electrons. The van der Waals surface area contributed by atoms with E-state index in [1.165, 1.54) is 5.56 Å². The molecular formula is C18H21N3O3. The van der Waals surface area contributed by atoms with E-state index in [-0.39, 0.29) is 5.91 Å². The van der Waals surface area contributed by atoms with Crippen LogP contribution in [0, 0.1) is 6.92 Å². The van der Waals surface area contributed by atoms with Crippen LogP contribution >= 0.6 is 0 Å². The minimum atomic E-state index is 0.0350. The van der Waals surface area contributed by atoms with Gasteiger partial charge in [-0.15, -0.1) is 0 Å². The van der Waals surface area contributed by atoms with Gasteiger partial charge in [0.25, 0.3) is 5.91 Å². The number of furan rings is 1. The van der Waals surface area contributed by atoms with Gasteiger partial charge in [-0.05, 0) is 31.4 Å². The topological polar surface area (TPSA) is 68.5 Å². The van der Waals surface area contributed by atoms with Crippen molar-refractivity contribution in [3.05, 3.63) is 46.9 Å². The predicted molar refractivity (Wildman–Crippen MR) is 87.0 cm³/mol. The second-order valence-corrected chi connectivity index (χ2v) is 6.43. The Labute approximate surface area is 140 Å². The van der Waals surface area contributed by atoms with Crippen molar-refractivity contribution in [1.29, 1.82) is 0 Å². The molecule has 6 heteroatoms. The summed E-state index contributed by atoms with van der Waals surface area (Å²) in [5, 5.41) is 0. The highest BCUT2D eigenvalue weighted by Gasteiger charge is 2.28. The summed E-state index contributed by atoms with van der Waals surface area (Å²) in [6, 6.07) is 1.75. The fourth-order valence-corrected chi connectivity index (χ4v) is 3.63. The maximum atomic E-state index is 12.7. The molecule has 1 atom stereocenters. The highest BCUT2D eigenvalue weighted by molar-refractivity contribution is 5.95. The Hall–Kier alpha value is -2.21. The largest absolute Gasteiger partial charge is 0.469 e. The van der Waals surface area contributed by atoms with Crippen molar-refractivity contribution in [2.75, 3.05) is 26.3 Å². The molecule has 4 heterocycles. The normalized spacial score (nSPS) is 20.7. The molecule has 1 amide bonds. The molecule has 6 nitrogen and oxygen atoms in total. The molecule has 0 N–H and O–H groups in total. The lowest BCUT2D eigenvalue weighted by atomic mass is 9.96. The van der Waals surface area contributed by atoms with Crippen LogP contribution in [0.15, 0.2) is 23.1 Å². The van der Waals surface area contributed by atoms with E-state index in [0.717, 1.165) is 43.9 Å². The van der Waals surface area contributed by atoms with Gasteiger partial charge in [0.05, 0.1) is 24.1 Å². The molecule has 2 aromatic rings. The van der Waals surface area contributed by atoms with E-state index in [1.54, 1.807) is 18.7 Å². The monoisotopic (exact) mass is 327 g/mol. The quantitative estimate of drug-likeness (QED) is 0.845. The molecule has 24 heavy (non-hydrogen) atoms. The summed E-state index contributed by atoms with van der Waals surface area (Å²) in [5.74, 6) is 1.07. The minimum Gasteiger partial charge on any atom is -0.469 e. The highest BCUT2D eigenvalue weighted by atomic mass is 16.5. The lowest BCUT2D eigenvalue weighted by Gasteiger charge is -2.19. The summed E-state index contributed by atoms with van der Waals surface area (Å²) in [4.78, 5) is 23.7. The van der Waals surface area contributed by atoms with Gasteiger partial charge >= 0.3 is 0 Å². The molecule has 0 aromatic carbocycles. The molecular weight excluding hydrogens is 306 g/mol. The molecule has 126 valence electrons. The third-order valence-electron chi connectivity index (χ3n) is 5.01. The molecule has 2 aliphatic rings. The van der Waals surface area contributed by atoms with Gasteiger partial charge in [0.15, 0.2) is 0 Å². The average Bonchev–Trinajstić information content (AvgIpc) is 3.21. The number of carbonyl (C=O) groups excluding carboxylic acids is 1. The number of amides is 1. The van der Waals surface area contributed by atoms with Crippen molar-refractivity contribution in [3.8, 4) is 0 Å². The van der Waals surface area contributed by atoms with Crippen molar-refractivity contribution in [2.45, 2.75) is 32.1 Å². The number of hydrogen-bond donors (Lipinski definition) is 0. The Kier molecular flexibility index (Phi) is 4.06. The van der Waals surface area contributed by atoms with E-state index in [4.69, 9.17) is 9.15 Å². The SMILES string of the molecule is Cc1occc1C(=O)N1CCc2ncnc([C@@H]3CCOC3)c2CC1. The number of aromatic nitrogens is 2. The zero-order chi connectivity index (χ0) is 16.5. The van der Waals surface area contributed by atoms with Gasteiger partial charge in [-0.3, -0.25) is 4.79 Å². The fraction of sp³-hybridized carbons (Fsp3) is 0.500. The Morgan fingerprint density at radius 2 is 2.17 bits per heavy atom. The summed E-state index contributed by atoms with van der Waals surface area (Å²) in [7, 11) is 0. The number of ether oxygens (including phenoxy) is 1. The first-order valence-electron chi connectivity index (χ1n) is 8.48. The molecule has 0 unspecified atom stereocenters. The van der Waals surface area contributed by atoms with E-state index >= 15 is 0 Å². The van der Waals surface area contributed by atoms with Crippen LogP contribution in [0.4, 0.5) is 0 Å². The average molecular weight is 327 g/mol. The van der Waals surface area contributed by atoms with Gasteiger partial charge in [0, 0.05) is 37.7 Å². The van der Waals surface area contributed by atoms with Gasteiger partial charge in [0.1, 0.15) is 12.1 Å². The van der Waals surface area contributed by atoms with Gasteiger partial charge in [-0.1, -0.05) is 0 Å². The molecule has 2 aromatic heterocycles. The van der Waals surface area contributed by atoms with Crippen molar-refractivity contribution >= 4 is 5.91 Å². The molecule has 0 saturated carbocycles. The van der Waals surface area contributed by atoms with Gasteiger partial charge in [0.2, 0.25) is 0 Å². The number of hydrogen-bond acceptors (Lipinski definition) is 5. The van der Waals surface area contributed by atoms with Crippen LogP contribution < -0.4 is 0 Å². The third-order valence-corrected chi connectivity index (χ3v) is 5.01. The van der Waals surface area contributed by atoms with E-state index in [2.05, 4.69) is 9.97 Å². The van der Waals surface area contributed by atoms with Gasteiger partial charge in [-0.25, -0.2) is 9.97 Å². The number of fused-ring (bicyclic) bond motifs is 1. The number of nitrogens with zero attached hydrogens (tertiary/aromatic N) is 3. The van der Waals surface area contributed by atoms with E-state index in [1.807, 2.05) is 11.8 Å². The Balaban J connectivity index is 1.57. The molecule has 4 rings (SSSR count). The van der Waals surface area contributed by atoms with Crippen molar-refractivity contribution in [1.82, 2.24) is 14.9 Å². The Morgan fingerprint density at radius 3 is 2.92 bits per heavy atom. The van der Waals surface area contributed by atoms with Crippen LogP contribution in [0.2, 0.25) is 0 Å². The summed E-state index contributed by atoms with van der Waals surface area (Å²) < 4.78 is 10.8. The molecule has 0 bridgehead atoms.